The molecule has 0 radical (unpaired) electrons. The van der Waals surface area contributed by atoms with Gasteiger partial charge in [0.25, 0.3) is 0 Å². The third-order valence-electron chi connectivity index (χ3n) is 2.65. The summed E-state index contributed by atoms with van der Waals surface area (Å²) in [4.78, 5) is 23.1. The van der Waals surface area contributed by atoms with Crippen LogP contribution in [0.4, 0.5) is 0 Å². The molecule has 0 aromatic carbocycles. The van der Waals surface area contributed by atoms with Crippen LogP contribution in [0.1, 0.15) is 58.8 Å². The maximum absolute atomic E-state index is 11.5. The average Bonchev–Trinajstić information content (AvgIpc) is 2.41. The standard InChI is InChI=1S/C14H24Br2O4/c1-3-7-12(16)20-14(18)9-6-5-8-13(17)19-10-11(15)4-2/h11-12H,3-10H2,1-2H3. The highest BCUT2D eigenvalue weighted by Crippen LogP contribution is 2.12. The molecule has 0 aromatic heterocycles. The molecule has 0 bridgehead atoms. The van der Waals surface area contributed by atoms with Crippen molar-refractivity contribution in [2.24, 2.45) is 0 Å². The van der Waals surface area contributed by atoms with E-state index >= 15 is 0 Å². The number of alkyl halides is 2. The zero-order valence-electron chi connectivity index (χ0n) is 12.2. The van der Waals surface area contributed by atoms with E-state index in [1.807, 2.05) is 13.8 Å². The predicted molar refractivity (Wildman–Crippen MR) is 86.1 cm³/mol. The quantitative estimate of drug-likeness (QED) is 0.286. The highest BCUT2D eigenvalue weighted by molar-refractivity contribution is 9.09. The molecule has 0 aliphatic carbocycles. The van der Waals surface area contributed by atoms with Gasteiger partial charge in [0.15, 0.2) is 5.01 Å². The smallest absolute Gasteiger partial charge is 0.306 e. The van der Waals surface area contributed by atoms with Crippen molar-refractivity contribution >= 4 is 43.8 Å². The van der Waals surface area contributed by atoms with Gasteiger partial charge in [0.2, 0.25) is 0 Å². The second-order valence-corrected chi connectivity index (χ2v) is 6.90. The fourth-order valence-corrected chi connectivity index (χ4v) is 2.20. The van der Waals surface area contributed by atoms with Gasteiger partial charge in [-0.15, -0.1) is 0 Å². The first-order chi connectivity index (χ1) is 9.49. The predicted octanol–water partition coefficient (Wildman–Crippen LogP) is 4.33. The number of hydrogen-bond acceptors (Lipinski definition) is 4. The molecular weight excluding hydrogens is 392 g/mol. The van der Waals surface area contributed by atoms with Gasteiger partial charge >= 0.3 is 11.9 Å². The van der Waals surface area contributed by atoms with Crippen LogP contribution in [0, 0.1) is 0 Å². The van der Waals surface area contributed by atoms with Gasteiger partial charge in [0.05, 0.1) is 0 Å². The summed E-state index contributed by atoms with van der Waals surface area (Å²) in [6, 6.07) is 0. The molecule has 0 aliphatic rings. The second kappa shape index (κ2) is 12.6. The lowest BCUT2D eigenvalue weighted by Gasteiger charge is -2.10. The fraction of sp³-hybridized carbons (Fsp3) is 0.857. The Balaban J connectivity index is 3.55. The van der Waals surface area contributed by atoms with E-state index in [9.17, 15) is 9.59 Å². The number of rotatable bonds is 11. The Hall–Kier alpha value is -0.100. The number of halogens is 2. The maximum Gasteiger partial charge on any atom is 0.306 e. The highest BCUT2D eigenvalue weighted by Gasteiger charge is 2.11. The summed E-state index contributed by atoms with van der Waals surface area (Å²) in [5, 5.41) is -0.199. The normalized spacial score (nSPS) is 13.6. The van der Waals surface area contributed by atoms with E-state index in [4.69, 9.17) is 9.47 Å². The molecule has 20 heavy (non-hydrogen) atoms. The molecule has 0 spiro atoms. The first-order valence-electron chi connectivity index (χ1n) is 7.12. The van der Waals surface area contributed by atoms with Crippen molar-refractivity contribution in [1.29, 1.82) is 0 Å². The molecule has 4 nitrogen and oxygen atoms in total. The Morgan fingerprint density at radius 2 is 1.65 bits per heavy atom. The molecule has 0 rings (SSSR count). The lowest BCUT2D eigenvalue weighted by Crippen LogP contribution is -2.13. The number of hydrogen-bond donors (Lipinski definition) is 0. The van der Waals surface area contributed by atoms with E-state index in [0.29, 0.717) is 32.3 Å². The number of carbonyl (C=O) groups is 2. The SMILES string of the molecule is CCCC(Br)OC(=O)CCCCC(=O)OCC(Br)CC. The van der Waals surface area contributed by atoms with Gasteiger partial charge < -0.3 is 9.47 Å². The molecule has 6 heteroatoms. The van der Waals surface area contributed by atoms with Gasteiger partial charge in [-0.3, -0.25) is 9.59 Å². The van der Waals surface area contributed by atoms with Crippen molar-refractivity contribution in [3.05, 3.63) is 0 Å². The molecule has 0 fully saturated rings. The summed E-state index contributed by atoms with van der Waals surface area (Å²) in [7, 11) is 0. The van der Waals surface area contributed by atoms with Crippen molar-refractivity contribution in [2.45, 2.75) is 68.6 Å². The van der Waals surface area contributed by atoms with E-state index < -0.39 is 0 Å². The average molecular weight is 416 g/mol. The molecule has 0 saturated carbocycles. The minimum absolute atomic E-state index is 0.199. The molecule has 2 atom stereocenters. The van der Waals surface area contributed by atoms with Gasteiger partial charge in [-0.05, 0) is 41.6 Å². The molecule has 0 aromatic rings. The van der Waals surface area contributed by atoms with Gasteiger partial charge in [0.1, 0.15) is 6.61 Å². The van der Waals surface area contributed by atoms with Crippen molar-refractivity contribution in [3.63, 3.8) is 0 Å². The zero-order valence-corrected chi connectivity index (χ0v) is 15.4. The third kappa shape index (κ3) is 11.7. The van der Waals surface area contributed by atoms with E-state index in [0.717, 1.165) is 19.3 Å². The van der Waals surface area contributed by atoms with E-state index in [2.05, 4.69) is 31.9 Å². The number of unbranched alkanes of at least 4 members (excludes halogenated alkanes) is 1. The van der Waals surface area contributed by atoms with Crippen LogP contribution < -0.4 is 0 Å². The Kier molecular flexibility index (Phi) is 12.6. The first-order valence-corrected chi connectivity index (χ1v) is 8.95. The molecule has 0 saturated heterocycles. The minimum atomic E-state index is -0.222. The largest absolute Gasteiger partial charge is 0.464 e. The summed E-state index contributed by atoms with van der Waals surface area (Å²) in [6.07, 6.45) is 4.67. The summed E-state index contributed by atoms with van der Waals surface area (Å²) in [6.45, 7) is 4.46. The van der Waals surface area contributed by atoms with Crippen LogP contribution in [0.2, 0.25) is 0 Å². The van der Waals surface area contributed by atoms with Crippen LogP contribution in [0.15, 0.2) is 0 Å². The van der Waals surface area contributed by atoms with Crippen molar-refractivity contribution < 1.29 is 19.1 Å². The van der Waals surface area contributed by atoms with Crippen LogP contribution in [-0.4, -0.2) is 28.4 Å². The van der Waals surface area contributed by atoms with Crippen molar-refractivity contribution in [3.8, 4) is 0 Å². The first kappa shape index (κ1) is 19.9. The Bertz CT molecular complexity index is 284. The third-order valence-corrected chi connectivity index (χ3v) is 4.21. The van der Waals surface area contributed by atoms with Crippen LogP contribution in [0.5, 0.6) is 0 Å². The van der Waals surface area contributed by atoms with Gasteiger partial charge in [-0.2, -0.15) is 0 Å². The van der Waals surface area contributed by atoms with Crippen LogP contribution in [-0.2, 0) is 19.1 Å². The zero-order chi connectivity index (χ0) is 15.4. The molecule has 118 valence electrons. The summed E-state index contributed by atoms with van der Waals surface area (Å²) in [5.41, 5.74) is 0. The fourth-order valence-electron chi connectivity index (χ4n) is 1.40. The van der Waals surface area contributed by atoms with Gasteiger partial charge in [-0.25, -0.2) is 0 Å². The molecule has 0 aliphatic heterocycles. The van der Waals surface area contributed by atoms with Gasteiger partial charge in [-0.1, -0.05) is 36.2 Å². The number of ether oxygens (including phenoxy) is 2. The summed E-state index contributed by atoms with van der Waals surface area (Å²) in [5.74, 6) is -0.430. The highest BCUT2D eigenvalue weighted by atomic mass is 79.9. The maximum atomic E-state index is 11.5. The van der Waals surface area contributed by atoms with Crippen LogP contribution in [0.25, 0.3) is 0 Å². The Morgan fingerprint density at radius 1 is 1.05 bits per heavy atom. The van der Waals surface area contributed by atoms with Gasteiger partial charge in [0, 0.05) is 17.7 Å². The summed E-state index contributed by atoms with van der Waals surface area (Å²) < 4.78 is 10.2. The number of esters is 2. The Labute approximate surface area is 138 Å². The molecule has 2 unspecified atom stereocenters. The second-order valence-electron chi connectivity index (χ2n) is 4.58. The monoisotopic (exact) mass is 414 g/mol. The molecule has 0 heterocycles. The van der Waals surface area contributed by atoms with E-state index in [1.54, 1.807) is 0 Å². The number of carbonyl (C=O) groups excluding carboxylic acids is 2. The molecule has 0 N–H and O–H groups in total. The summed E-state index contributed by atoms with van der Waals surface area (Å²) >= 11 is 6.69. The molecular formula is C14H24Br2O4. The lowest BCUT2D eigenvalue weighted by atomic mass is 10.2. The van der Waals surface area contributed by atoms with E-state index in [-0.39, 0.29) is 21.8 Å². The lowest BCUT2D eigenvalue weighted by molar-refractivity contribution is -0.146. The topological polar surface area (TPSA) is 52.6 Å². The van der Waals surface area contributed by atoms with Crippen LogP contribution in [0.3, 0.4) is 0 Å². The van der Waals surface area contributed by atoms with E-state index in [1.165, 1.54) is 0 Å². The molecule has 0 amide bonds. The van der Waals surface area contributed by atoms with Crippen LogP contribution >= 0.6 is 31.9 Å². The Morgan fingerprint density at radius 3 is 2.20 bits per heavy atom. The minimum Gasteiger partial charge on any atom is -0.464 e. The van der Waals surface area contributed by atoms with Crippen molar-refractivity contribution in [1.82, 2.24) is 0 Å². The van der Waals surface area contributed by atoms with Crippen molar-refractivity contribution in [2.75, 3.05) is 6.61 Å².